The van der Waals surface area contributed by atoms with Gasteiger partial charge in [0.05, 0.1) is 11.4 Å². The Kier molecular flexibility index (Phi) is 4.02. The lowest BCUT2D eigenvalue weighted by atomic mass is 10.1. The van der Waals surface area contributed by atoms with Crippen molar-refractivity contribution >= 4 is 23.0 Å². The third-order valence-corrected chi connectivity index (χ3v) is 2.92. The SMILES string of the molecule is CCc1c(O)ccc(N=Nc2ccc(Cl)cc2)c1[O-]. The molecular weight excluding hydrogens is 264 g/mol. The number of aromatic hydroxyl groups is 1. The molecule has 0 bridgehead atoms. The number of benzene rings is 2. The van der Waals surface area contributed by atoms with Crippen molar-refractivity contribution in [2.45, 2.75) is 13.3 Å². The molecule has 2 aromatic carbocycles. The zero-order valence-corrected chi connectivity index (χ0v) is 11.1. The summed E-state index contributed by atoms with van der Waals surface area (Å²) in [5, 5.41) is 30.0. The summed E-state index contributed by atoms with van der Waals surface area (Å²) in [6, 6.07) is 9.71. The van der Waals surface area contributed by atoms with E-state index in [9.17, 15) is 10.2 Å². The van der Waals surface area contributed by atoms with Crippen LogP contribution in [-0.2, 0) is 6.42 Å². The van der Waals surface area contributed by atoms with Crippen LogP contribution in [0.1, 0.15) is 12.5 Å². The zero-order chi connectivity index (χ0) is 13.8. The molecule has 19 heavy (non-hydrogen) atoms. The third kappa shape index (κ3) is 3.03. The van der Waals surface area contributed by atoms with Gasteiger partial charge in [-0.05, 0) is 48.4 Å². The third-order valence-electron chi connectivity index (χ3n) is 2.67. The van der Waals surface area contributed by atoms with Gasteiger partial charge in [0, 0.05) is 5.02 Å². The maximum Gasteiger partial charge on any atom is 0.118 e. The maximum atomic E-state index is 12.0. The lowest BCUT2D eigenvalue weighted by Crippen LogP contribution is -1.96. The Bertz CT molecular complexity index is 610. The molecule has 0 aliphatic heterocycles. The fourth-order valence-electron chi connectivity index (χ4n) is 1.64. The van der Waals surface area contributed by atoms with Crippen molar-refractivity contribution in [1.29, 1.82) is 0 Å². The van der Waals surface area contributed by atoms with Gasteiger partial charge in [-0.15, -0.1) is 0 Å². The summed E-state index contributed by atoms with van der Waals surface area (Å²) in [6.07, 6.45) is 0.453. The molecule has 1 N–H and O–H groups in total. The van der Waals surface area contributed by atoms with Crippen molar-refractivity contribution in [2.24, 2.45) is 10.2 Å². The summed E-state index contributed by atoms with van der Waals surface area (Å²) in [6.45, 7) is 1.80. The second-order valence-corrected chi connectivity index (χ2v) is 4.38. The number of phenols is 1. The fourth-order valence-corrected chi connectivity index (χ4v) is 1.77. The first-order chi connectivity index (χ1) is 9.11. The lowest BCUT2D eigenvalue weighted by Gasteiger charge is -2.15. The van der Waals surface area contributed by atoms with Crippen LogP contribution in [0.2, 0.25) is 5.02 Å². The van der Waals surface area contributed by atoms with Gasteiger partial charge >= 0.3 is 0 Å². The second-order valence-electron chi connectivity index (χ2n) is 3.94. The molecule has 2 aromatic rings. The van der Waals surface area contributed by atoms with Gasteiger partial charge in [-0.1, -0.05) is 24.3 Å². The molecule has 0 unspecified atom stereocenters. The van der Waals surface area contributed by atoms with Crippen LogP contribution in [0.5, 0.6) is 11.5 Å². The standard InChI is InChI=1S/C14H13ClN2O2/c1-2-11-13(18)8-7-12(14(11)19)17-16-10-5-3-9(15)4-6-10/h3-8,18-19H,2H2,1H3/p-1. The fraction of sp³-hybridized carbons (Fsp3) is 0.143. The molecule has 98 valence electrons. The van der Waals surface area contributed by atoms with E-state index in [0.717, 1.165) is 0 Å². The highest BCUT2D eigenvalue weighted by molar-refractivity contribution is 6.30. The average molecular weight is 276 g/mol. The van der Waals surface area contributed by atoms with Crippen molar-refractivity contribution in [3.63, 3.8) is 0 Å². The van der Waals surface area contributed by atoms with Gasteiger partial charge in [-0.2, -0.15) is 10.2 Å². The molecule has 0 atom stereocenters. The van der Waals surface area contributed by atoms with Crippen molar-refractivity contribution in [1.82, 2.24) is 0 Å². The van der Waals surface area contributed by atoms with Gasteiger partial charge in [0.2, 0.25) is 0 Å². The van der Waals surface area contributed by atoms with Gasteiger partial charge in [0.25, 0.3) is 0 Å². The predicted molar refractivity (Wildman–Crippen MR) is 72.6 cm³/mol. The van der Waals surface area contributed by atoms with Gasteiger partial charge < -0.3 is 10.2 Å². The quantitative estimate of drug-likeness (QED) is 0.857. The van der Waals surface area contributed by atoms with E-state index in [1.54, 1.807) is 31.2 Å². The van der Waals surface area contributed by atoms with Crippen molar-refractivity contribution < 1.29 is 10.2 Å². The number of hydrogen-bond acceptors (Lipinski definition) is 4. The highest BCUT2D eigenvalue weighted by atomic mass is 35.5. The summed E-state index contributed by atoms with van der Waals surface area (Å²) >= 11 is 5.76. The van der Waals surface area contributed by atoms with Crippen molar-refractivity contribution in [3.05, 3.63) is 47.0 Å². The topological polar surface area (TPSA) is 68.0 Å². The summed E-state index contributed by atoms with van der Waals surface area (Å²) in [5.74, 6) is -0.293. The van der Waals surface area contributed by atoms with Crippen LogP contribution < -0.4 is 5.11 Å². The first kappa shape index (κ1) is 13.4. The molecular formula is C14H12ClN2O2-. The number of rotatable bonds is 3. The number of phenolic OH excluding ortho intramolecular Hbond substituents is 1. The van der Waals surface area contributed by atoms with Gasteiger partial charge in [0.15, 0.2) is 0 Å². The minimum Gasteiger partial charge on any atom is -0.871 e. The Hall–Kier alpha value is -2.07. The zero-order valence-electron chi connectivity index (χ0n) is 10.3. The van der Waals surface area contributed by atoms with E-state index in [-0.39, 0.29) is 17.2 Å². The maximum absolute atomic E-state index is 12.0. The number of halogens is 1. The minimum atomic E-state index is -0.291. The molecule has 0 heterocycles. The van der Waals surface area contributed by atoms with Crippen LogP contribution in [0.15, 0.2) is 46.6 Å². The van der Waals surface area contributed by atoms with Crippen LogP contribution in [-0.4, -0.2) is 5.11 Å². The molecule has 0 saturated heterocycles. The van der Waals surface area contributed by atoms with Crippen molar-refractivity contribution in [3.8, 4) is 11.5 Å². The van der Waals surface area contributed by atoms with Gasteiger partial charge in [-0.25, -0.2) is 0 Å². The summed E-state index contributed by atoms with van der Waals surface area (Å²) < 4.78 is 0. The van der Waals surface area contributed by atoms with Crippen molar-refractivity contribution in [2.75, 3.05) is 0 Å². The van der Waals surface area contributed by atoms with E-state index < -0.39 is 0 Å². The van der Waals surface area contributed by atoms with E-state index in [1.807, 2.05) is 0 Å². The molecule has 0 aliphatic rings. The summed E-state index contributed by atoms with van der Waals surface area (Å²) in [4.78, 5) is 0. The van der Waals surface area contributed by atoms with E-state index >= 15 is 0 Å². The number of azo groups is 1. The van der Waals surface area contributed by atoms with E-state index in [2.05, 4.69) is 10.2 Å². The van der Waals surface area contributed by atoms with Crippen LogP contribution >= 0.6 is 11.6 Å². The highest BCUT2D eigenvalue weighted by Gasteiger charge is 2.03. The smallest absolute Gasteiger partial charge is 0.118 e. The van der Waals surface area contributed by atoms with Gasteiger partial charge in [0.1, 0.15) is 5.75 Å². The van der Waals surface area contributed by atoms with Crippen LogP contribution in [0.3, 0.4) is 0 Å². The Morgan fingerprint density at radius 2 is 1.79 bits per heavy atom. The van der Waals surface area contributed by atoms with E-state index in [1.165, 1.54) is 12.1 Å². The Balaban J connectivity index is 2.31. The Morgan fingerprint density at radius 1 is 1.11 bits per heavy atom. The molecule has 4 nitrogen and oxygen atoms in total. The molecule has 5 heteroatoms. The summed E-state index contributed by atoms with van der Waals surface area (Å²) in [7, 11) is 0. The van der Waals surface area contributed by atoms with E-state index in [0.29, 0.717) is 22.7 Å². The number of nitrogens with zero attached hydrogens (tertiary/aromatic N) is 2. The lowest BCUT2D eigenvalue weighted by molar-refractivity contribution is -0.268. The second kappa shape index (κ2) is 5.71. The molecule has 0 spiro atoms. The molecule has 0 fully saturated rings. The first-order valence-corrected chi connectivity index (χ1v) is 6.18. The molecule has 0 aliphatic carbocycles. The summed E-state index contributed by atoms with van der Waals surface area (Å²) in [5.41, 5.74) is 1.17. The monoisotopic (exact) mass is 275 g/mol. The van der Waals surface area contributed by atoms with Crippen LogP contribution in [0, 0.1) is 0 Å². The Morgan fingerprint density at radius 3 is 2.42 bits per heavy atom. The molecule has 2 rings (SSSR count). The molecule has 0 amide bonds. The van der Waals surface area contributed by atoms with E-state index in [4.69, 9.17) is 11.6 Å². The predicted octanol–water partition coefficient (Wildman–Crippen LogP) is 4.10. The minimum absolute atomic E-state index is 0.00190. The normalized spacial score (nSPS) is 11.1. The molecule has 0 radical (unpaired) electrons. The van der Waals surface area contributed by atoms with Gasteiger partial charge in [-0.3, -0.25) is 0 Å². The molecule has 0 aromatic heterocycles. The van der Waals surface area contributed by atoms with Crippen LogP contribution in [0.25, 0.3) is 0 Å². The molecule has 0 saturated carbocycles. The largest absolute Gasteiger partial charge is 0.871 e. The van der Waals surface area contributed by atoms with Crippen LogP contribution in [0.4, 0.5) is 11.4 Å². The number of hydrogen-bond donors (Lipinski definition) is 1. The first-order valence-electron chi connectivity index (χ1n) is 5.81. The average Bonchev–Trinajstić information content (AvgIpc) is 2.40. The Labute approximate surface area is 116 Å². The highest BCUT2D eigenvalue weighted by Crippen LogP contribution is 2.35.